The first-order chi connectivity index (χ1) is 11.2. The van der Waals surface area contributed by atoms with Crippen LogP contribution in [0.25, 0.3) is 11.1 Å². The van der Waals surface area contributed by atoms with E-state index in [2.05, 4.69) is 19.1 Å². The third kappa shape index (κ3) is 3.64. The van der Waals surface area contributed by atoms with E-state index in [1.165, 1.54) is 5.56 Å². The highest BCUT2D eigenvalue weighted by atomic mass is 35.5. The van der Waals surface area contributed by atoms with Crippen LogP contribution in [0.4, 0.5) is 0 Å². The molecule has 116 valence electrons. The van der Waals surface area contributed by atoms with Gasteiger partial charge in [-0.15, -0.1) is 0 Å². The topological polar surface area (TPSA) is 20.2 Å². The summed E-state index contributed by atoms with van der Waals surface area (Å²) in [5.41, 5.74) is 5.31. The fourth-order valence-electron chi connectivity index (χ4n) is 2.63. The van der Waals surface area contributed by atoms with E-state index < -0.39 is 6.10 Å². The molecule has 3 rings (SSSR count). The summed E-state index contributed by atoms with van der Waals surface area (Å²) in [5.74, 6) is 0. The monoisotopic (exact) mass is 322 g/mol. The van der Waals surface area contributed by atoms with E-state index in [1.54, 1.807) is 0 Å². The fourth-order valence-corrected chi connectivity index (χ4v) is 2.75. The molecule has 23 heavy (non-hydrogen) atoms. The largest absolute Gasteiger partial charge is 0.384 e. The number of hydrogen-bond acceptors (Lipinski definition) is 1. The lowest BCUT2D eigenvalue weighted by Gasteiger charge is -2.13. The van der Waals surface area contributed by atoms with Gasteiger partial charge in [-0.1, -0.05) is 79.2 Å². The van der Waals surface area contributed by atoms with E-state index in [0.29, 0.717) is 0 Å². The predicted octanol–water partition coefficient (Wildman–Crippen LogP) is 5.65. The Morgan fingerprint density at radius 1 is 0.739 bits per heavy atom. The van der Waals surface area contributed by atoms with Gasteiger partial charge in [0.25, 0.3) is 0 Å². The minimum atomic E-state index is -0.597. The van der Waals surface area contributed by atoms with Gasteiger partial charge in [-0.2, -0.15) is 0 Å². The maximum atomic E-state index is 10.5. The number of aliphatic hydroxyl groups excluding tert-OH is 1. The number of aliphatic hydroxyl groups is 1. The van der Waals surface area contributed by atoms with Gasteiger partial charge in [-0.3, -0.25) is 0 Å². The zero-order chi connectivity index (χ0) is 16.2. The Bertz CT molecular complexity index is 758. The average molecular weight is 323 g/mol. The summed E-state index contributed by atoms with van der Waals surface area (Å²) < 4.78 is 0. The minimum Gasteiger partial charge on any atom is -0.384 e. The molecule has 0 fully saturated rings. The van der Waals surface area contributed by atoms with E-state index in [9.17, 15) is 5.11 Å². The summed E-state index contributed by atoms with van der Waals surface area (Å²) in [6, 6.07) is 23.9. The van der Waals surface area contributed by atoms with Crippen LogP contribution in [-0.4, -0.2) is 5.11 Å². The molecular weight excluding hydrogens is 304 g/mol. The van der Waals surface area contributed by atoms with Crippen LogP contribution in [0.5, 0.6) is 0 Å². The molecule has 0 bridgehead atoms. The summed E-state index contributed by atoms with van der Waals surface area (Å²) >= 11 is 5.92. The fraction of sp³-hybridized carbons (Fsp3) is 0.143. The Morgan fingerprint density at radius 2 is 1.17 bits per heavy atom. The molecule has 0 spiro atoms. The van der Waals surface area contributed by atoms with Crippen LogP contribution in [-0.2, 0) is 6.42 Å². The Kier molecular flexibility index (Phi) is 4.80. The third-order valence-electron chi connectivity index (χ3n) is 4.11. The molecular formula is C21H19ClO. The average Bonchev–Trinajstić information content (AvgIpc) is 2.62. The number of benzene rings is 3. The molecule has 0 aliphatic carbocycles. The van der Waals surface area contributed by atoms with Gasteiger partial charge in [-0.05, 0) is 46.4 Å². The molecule has 0 radical (unpaired) electrons. The van der Waals surface area contributed by atoms with Gasteiger partial charge in [-0.25, -0.2) is 0 Å². The Hall–Kier alpha value is -2.09. The second-order valence-electron chi connectivity index (χ2n) is 5.63. The van der Waals surface area contributed by atoms with Gasteiger partial charge in [0, 0.05) is 5.02 Å². The summed E-state index contributed by atoms with van der Waals surface area (Å²) in [6.07, 6.45) is 0.409. The molecule has 0 aliphatic heterocycles. The number of halogens is 1. The molecule has 1 atom stereocenters. The summed E-state index contributed by atoms with van der Waals surface area (Å²) in [5, 5.41) is 11.3. The van der Waals surface area contributed by atoms with Gasteiger partial charge in [0.2, 0.25) is 0 Å². The number of hydrogen-bond donors (Lipinski definition) is 1. The van der Waals surface area contributed by atoms with Crippen molar-refractivity contribution >= 4 is 11.6 Å². The Balaban J connectivity index is 1.81. The van der Waals surface area contributed by atoms with Crippen molar-refractivity contribution in [1.29, 1.82) is 0 Å². The minimum absolute atomic E-state index is 0.597. The zero-order valence-corrected chi connectivity index (χ0v) is 13.8. The van der Waals surface area contributed by atoms with Crippen LogP contribution >= 0.6 is 11.6 Å². The van der Waals surface area contributed by atoms with Crippen molar-refractivity contribution in [3.63, 3.8) is 0 Å². The molecule has 1 N–H and O–H groups in total. The van der Waals surface area contributed by atoms with Gasteiger partial charge in [0.1, 0.15) is 6.10 Å². The van der Waals surface area contributed by atoms with Crippen molar-refractivity contribution in [3.8, 4) is 11.1 Å². The van der Waals surface area contributed by atoms with Crippen LogP contribution < -0.4 is 0 Å². The highest BCUT2D eigenvalue weighted by Crippen LogP contribution is 2.26. The van der Waals surface area contributed by atoms with Gasteiger partial charge in [0.15, 0.2) is 0 Å². The molecule has 0 amide bonds. The van der Waals surface area contributed by atoms with E-state index in [4.69, 9.17) is 11.6 Å². The SMILES string of the molecule is CCc1ccc(C(O)c2ccc(-c3ccc(Cl)cc3)cc2)cc1. The van der Waals surface area contributed by atoms with Crippen molar-refractivity contribution < 1.29 is 5.11 Å². The quantitative estimate of drug-likeness (QED) is 0.658. The number of rotatable bonds is 4. The molecule has 3 aromatic rings. The third-order valence-corrected chi connectivity index (χ3v) is 4.36. The van der Waals surface area contributed by atoms with E-state index in [-0.39, 0.29) is 0 Å². The molecule has 1 nitrogen and oxygen atoms in total. The first-order valence-electron chi connectivity index (χ1n) is 7.80. The number of aryl methyl sites for hydroxylation is 1. The first-order valence-corrected chi connectivity index (χ1v) is 8.18. The van der Waals surface area contributed by atoms with E-state index in [1.807, 2.05) is 60.7 Å². The lowest BCUT2D eigenvalue weighted by Crippen LogP contribution is -1.99. The maximum absolute atomic E-state index is 10.5. The predicted molar refractivity (Wildman–Crippen MR) is 96.8 cm³/mol. The molecule has 0 heterocycles. The summed E-state index contributed by atoms with van der Waals surface area (Å²) in [6.45, 7) is 2.13. The molecule has 0 saturated heterocycles. The van der Waals surface area contributed by atoms with E-state index >= 15 is 0 Å². The first kappa shape index (κ1) is 15.8. The lowest BCUT2D eigenvalue weighted by molar-refractivity contribution is 0.220. The smallest absolute Gasteiger partial charge is 0.104 e. The highest BCUT2D eigenvalue weighted by molar-refractivity contribution is 6.30. The van der Waals surface area contributed by atoms with Crippen LogP contribution in [0.15, 0.2) is 72.8 Å². The van der Waals surface area contributed by atoms with Crippen molar-refractivity contribution in [1.82, 2.24) is 0 Å². The van der Waals surface area contributed by atoms with Crippen molar-refractivity contribution in [2.45, 2.75) is 19.4 Å². The van der Waals surface area contributed by atoms with Crippen LogP contribution in [0, 0.1) is 0 Å². The second-order valence-corrected chi connectivity index (χ2v) is 6.06. The van der Waals surface area contributed by atoms with Gasteiger partial charge in [0.05, 0.1) is 0 Å². The second kappa shape index (κ2) is 6.99. The maximum Gasteiger partial charge on any atom is 0.104 e. The van der Waals surface area contributed by atoms with Gasteiger partial charge < -0.3 is 5.11 Å². The van der Waals surface area contributed by atoms with E-state index in [0.717, 1.165) is 33.7 Å². The van der Waals surface area contributed by atoms with Crippen molar-refractivity contribution in [3.05, 3.63) is 94.5 Å². The molecule has 0 aromatic heterocycles. The Morgan fingerprint density at radius 3 is 1.65 bits per heavy atom. The van der Waals surface area contributed by atoms with Crippen molar-refractivity contribution in [2.75, 3.05) is 0 Å². The van der Waals surface area contributed by atoms with Gasteiger partial charge >= 0.3 is 0 Å². The zero-order valence-electron chi connectivity index (χ0n) is 13.0. The highest BCUT2D eigenvalue weighted by Gasteiger charge is 2.10. The normalized spacial score (nSPS) is 12.1. The van der Waals surface area contributed by atoms with Crippen LogP contribution in [0.3, 0.4) is 0 Å². The summed E-state index contributed by atoms with van der Waals surface area (Å²) in [7, 11) is 0. The molecule has 3 aromatic carbocycles. The lowest BCUT2D eigenvalue weighted by atomic mass is 9.97. The molecule has 0 aliphatic rings. The Labute approximate surface area is 142 Å². The molecule has 0 saturated carbocycles. The summed E-state index contributed by atoms with van der Waals surface area (Å²) in [4.78, 5) is 0. The van der Waals surface area contributed by atoms with Crippen LogP contribution in [0.2, 0.25) is 5.02 Å². The standard InChI is InChI=1S/C21H19ClO/c1-2-15-3-5-18(6-4-15)21(23)19-9-7-16(8-10-19)17-11-13-20(22)14-12-17/h3-14,21,23H,2H2,1H3. The van der Waals surface area contributed by atoms with Crippen molar-refractivity contribution in [2.24, 2.45) is 0 Å². The van der Waals surface area contributed by atoms with Crippen LogP contribution in [0.1, 0.15) is 29.7 Å². The molecule has 2 heteroatoms. The molecule has 1 unspecified atom stereocenters.